The molecular weight excluding hydrogens is 326 g/mol. The van der Waals surface area contributed by atoms with Gasteiger partial charge in [-0.15, -0.1) is 0 Å². The molecule has 1 saturated heterocycles. The highest BCUT2D eigenvalue weighted by atomic mass is 16.3. The fraction of sp³-hybridized carbons (Fsp3) is 0.524. The molecule has 1 unspecified atom stereocenters. The van der Waals surface area contributed by atoms with Crippen molar-refractivity contribution in [3.8, 4) is 0 Å². The van der Waals surface area contributed by atoms with Gasteiger partial charge in [0.25, 0.3) is 5.91 Å². The number of piperidine rings is 1. The van der Waals surface area contributed by atoms with Gasteiger partial charge in [-0.3, -0.25) is 9.69 Å². The second kappa shape index (κ2) is 8.49. The summed E-state index contributed by atoms with van der Waals surface area (Å²) >= 11 is 0. The molecule has 0 bridgehead atoms. The third-order valence-corrected chi connectivity index (χ3v) is 4.87. The first-order valence-electron chi connectivity index (χ1n) is 9.52. The number of hydrogen-bond acceptors (Lipinski definition) is 4. The number of likely N-dealkylation sites (tertiary alicyclic amines) is 1. The van der Waals surface area contributed by atoms with Crippen LogP contribution >= 0.6 is 0 Å². The Balaban J connectivity index is 1.53. The van der Waals surface area contributed by atoms with E-state index >= 15 is 0 Å². The molecule has 2 heterocycles. The van der Waals surface area contributed by atoms with Gasteiger partial charge in [-0.1, -0.05) is 38.1 Å². The van der Waals surface area contributed by atoms with Gasteiger partial charge in [0.05, 0.1) is 5.69 Å². The van der Waals surface area contributed by atoms with Crippen molar-refractivity contribution in [2.45, 2.75) is 52.6 Å². The van der Waals surface area contributed by atoms with Gasteiger partial charge in [0.1, 0.15) is 0 Å². The minimum absolute atomic E-state index is 0.154. The Morgan fingerprint density at radius 1 is 1.31 bits per heavy atom. The molecule has 0 spiro atoms. The number of amides is 1. The molecule has 0 radical (unpaired) electrons. The highest BCUT2D eigenvalue weighted by Crippen LogP contribution is 2.16. The largest absolute Gasteiger partial charge is 0.438 e. The minimum atomic E-state index is -0.162. The van der Waals surface area contributed by atoms with Crippen LogP contribution in [0.3, 0.4) is 0 Å². The van der Waals surface area contributed by atoms with Crippen LogP contribution < -0.4 is 5.32 Å². The van der Waals surface area contributed by atoms with Crippen molar-refractivity contribution in [2.24, 2.45) is 5.92 Å². The summed E-state index contributed by atoms with van der Waals surface area (Å²) < 4.78 is 5.19. The Bertz CT molecular complexity index is 721. The van der Waals surface area contributed by atoms with Crippen molar-refractivity contribution < 1.29 is 9.21 Å². The van der Waals surface area contributed by atoms with E-state index in [2.05, 4.69) is 53.3 Å². The van der Waals surface area contributed by atoms with Crippen LogP contribution in [0.2, 0.25) is 0 Å². The van der Waals surface area contributed by atoms with Gasteiger partial charge in [-0.25, -0.2) is 4.98 Å². The first-order valence-corrected chi connectivity index (χ1v) is 9.52. The third-order valence-electron chi connectivity index (χ3n) is 4.87. The van der Waals surface area contributed by atoms with Crippen LogP contribution in [0.4, 0.5) is 0 Å². The summed E-state index contributed by atoms with van der Waals surface area (Å²) in [5, 5.41) is 3.09. The highest BCUT2D eigenvalue weighted by Gasteiger charge is 2.24. The quantitative estimate of drug-likeness (QED) is 0.860. The molecule has 1 amide bonds. The van der Waals surface area contributed by atoms with Gasteiger partial charge < -0.3 is 9.73 Å². The van der Waals surface area contributed by atoms with Gasteiger partial charge in [-0.05, 0) is 49.8 Å². The molecule has 1 aliphatic heterocycles. The number of nitrogens with zero attached hydrogens (tertiary/aromatic N) is 2. The molecule has 140 valence electrons. The van der Waals surface area contributed by atoms with Crippen molar-refractivity contribution in [1.29, 1.82) is 0 Å². The van der Waals surface area contributed by atoms with E-state index in [1.165, 1.54) is 17.5 Å². The van der Waals surface area contributed by atoms with Gasteiger partial charge >= 0.3 is 0 Å². The zero-order valence-corrected chi connectivity index (χ0v) is 16.0. The van der Waals surface area contributed by atoms with E-state index in [0.29, 0.717) is 17.4 Å². The molecular formula is C21H29N3O2. The molecule has 5 heteroatoms. The van der Waals surface area contributed by atoms with E-state index < -0.39 is 0 Å². The van der Waals surface area contributed by atoms with Crippen LogP contribution in [0, 0.1) is 12.8 Å². The van der Waals surface area contributed by atoms with Gasteiger partial charge in [-0.2, -0.15) is 0 Å². The number of oxazole rings is 1. The number of carbonyl (C=O) groups is 1. The maximum Gasteiger partial charge on any atom is 0.289 e. The average Bonchev–Trinajstić information content (AvgIpc) is 3.03. The number of carbonyl (C=O) groups excluding carboxylic acids is 1. The fourth-order valence-electron chi connectivity index (χ4n) is 3.60. The highest BCUT2D eigenvalue weighted by molar-refractivity contribution is 5.92. The number of nitrogens with one attached hydrogen (secondary N) is 1. The van der Waals surface area contributed by atoms with Crippen LogP contribution in [0.15, 0.2) is 35.1 Å². The number of hydrogen-bond donors (Lipinski definition) is 1. The summed E-state index contributed by atoms with van der Waals surface area (Å²) in [5.74, 6) is 0.841. The van der Waals surface area contributed by atoms with Crippen LogP contribution in [0.1, 0.15) is 54.1 Å². The Kier molecular flexibility index (Phi) is 6.09. The average molecular weight is 355 g/mol. The summed E-state index contributed by atoms with van der Waals surface area (Å²) in [6.07, 6.45) is 4.54. The van der Waals surface area contributed by atoms with Crippen molar-refractivity contribution in [3.05, 3.63) is 53.2 Å². The standard InChI is InChI=1S/C21H29N3O2/c1-15(2)11-17-6-8-18(9-7-17)12-24-10-4-5-19(13-24)23-21(25)20-16(3)22-14-26-20/h6-9,14-15,19H,4-5,10-13H2,1-3H3,(H,23,25). The summed E-state index contributed by atoms with van der Waals surface area (Å²) in [4.78, 5) is 18.7. The molecule has 1 N–H and O–H groups in total. The monoisotopic (exact) mass is 355 g/mol. The van der Waals surface area contributed by atoms with Crippen molar-refractivity contribution in [2.75, 3.05) is 13.1 Å². The van der Waals surface area contributed by atoms with E-state index in [1.807, 2.05) is 0 Å². The third kappa shape index (κ3) is 4.94. The molecule has 0 saturated carbocycles. The SMILES string of the molecule is Cc1ncoc1C(=O)NC1CCCN(Cc2ccc(CC(C)C)cc2)C1. The summed E-state index contributed by atoms with van der Waals surface area (Å²) in [6.45, 7) is 9.14. The van der Waals surface area contributed by atoms with Gasteiger partial charge in [0, 0.05) is 19.1 Å². The van der Waals surface area contributed by atoms with E-state index in [0.717, 1.165) is 38.9 Å². The number of aryl methyl sites for hydroxylation is 1. The molecule has 0 aliphatic carbocycles. The summed E-state index contributed by atoms with van der Waals surface area (Å²) in [7, 11) is 0. The maximum absolute atomic E-state index is 12.3. The lowest BCUT2D eigenvalue weighted by Crippen LogP contribution is -2.47. The lowest BCUT2D eigenvalue weighted by Gasteiger charge is -2.33. The van der Waals surface area contributed by atoms with Crippen LogP contribution in [0.5, 0.6) is 0 Å². The first kappa shape index (κ1) is 18.6. The lowest BCUT2D eigenvalue weighted by molar-refractivity contribution is 0.0872. The van der Waals surface area contributed by atoms with E-state index in [1.54, 1.807) is 6.92 Å². The second-order valence-electron chi connectivity index (χ2n) is 7.73. The second-order valence-corrected chi connectivity index (χ2v) is 7.73. The predicted octanol–water partition coefficient (Wildman–Crippen LogP) is 3.58. The topological polar surface area (TPSA) is 58.4 Å². The van der Waals surface area contributed by atoms with Crippen molar-refractivity contribution in [1.82, 2.24) is 15.2 Å². The van der Waals surface area contributed by atoms with Crippen LogP contribution in [0.25, 0.3) is 0 Å². The Labute approximate surface area is 155 Å². The Morgan fingerprint density at radius 3 is 2.69 bits per heavy atom. The Hall–Kier alpha value is -2.14. The van der Waals surface area contributed by atoms with Gasteiger partial charge in [0.2, 0.25) is 5.76 Å². The number of aromatic nitrogens is 1. The van der Waals surface area contributed by atoms with Crippen molar-refractivity contribution >= 4 is 5.91 Å². The fourth-order valence-corrected chi connectivity index (χ4v) is 3.60. The zero-order valence-electron chi connectivity index (χ0n) is 16.0. The Morgan fingerprint density at radius 2 is 2.04 bits per heavy atom. The number of rotatable bonds is 6. The van der Waals surface area contributed by atoms with E-state index in [9.17, 15) is 4.79 Å². The zero-order chi connectivity index (χ0) is 18.5. The summed E-state index contributed by atoms with van der Waals surface area (Å²) in [5.41, 5.74) is 3.36. The molecule has 1 atom stereocenters. The molecule has 1 aromatic carbocycles. The smallest absolute Gasteiger partial charge is 0.289 e. The van der Waals surface area contributed by atoms with Gasteiger partial charge in [0.15, 0.2) is 6.39 Å². The van der Waals surface area contributed by atoms with E-state index in [-0.39, 0.29) is 11.9 Å². The van der Waals surface area contributed by atoms with Crippen LogP contribution in [-0.2, 0) is 13.0 Å². The first-order chi connectivity index (χ1) is 12.5. The minimum Gasteiger partial charge on any atom is -0.438 e. The number of benzene rings is 1. The molecule has 1 aliphatic rings. The molecule has 1 aromatic heterocycles. The van der Waals surface area contributed by atoms with E-state index in [4.69, 9.17) is 4.42 Å². The maximum atomic E-state index is 12.3. The van der Waals surface area contributed by atoms with Crippen molar-refractivity contribution in [3.63, 3.8) is 0 Å². The summed E-state index contributed by atoms with van der Waals surface area (Å²) in [6, 6.07) is 9.10. The normalized spacial score (nSPS) is 18.2. The molecule has 26 heavy (non-hydrogen) atoms. The molecule has 2 aromatic rings. The predicted molar refractivity (Wildman–Crippen MR) is 102 cm³/mol. The molecule has 1 fully saturated rings. The molecule has 3 rings (SSSR count). The molecule has 5 nitrogen and oxygen atoms in total. The lowest BCUT2D eigenvalue weighted by atomic mass is 10.0. The van der Waals surface area contributed by atoms with Crippen LogP contribution in [-0.4, -0.2) is 34.9 Å².